The zero-order chi connectivity index (χ0) is 17.3. The number of hydrogen-bond donors (Lipinski definition) is 0. The third-order valence-electron chi connectivity index (χ3n) is 3.64. The molecule has 0 atom stereocenters. The first-order valence-electron chi connectivity index (χ1n) is 7.35. The highest BCUT2D eigenvalue weighted by molar-refractivity contribution is 7.99. The van der Waals surface area contributed by atoms with Crippen LogP contribution in [-0.2, 0) is 9.84 Å². The van der Waals surface area contributed by atoms with E-state index in [2.05, 4.69) is 4.98 Å². The third kappa shape index (κ3) is 3.12. The van der Waals surface area contributed by atoms with Gasteiger partial charge < -0.3 is 4.42 Å². The van der Waals surface area contributed by atoms with Gasteiger partial charge in [0.25, 0.3) is 0 Å². The number of aryl methyl sites for hydroxylation is 2. The Balaban J connectivity index is 2.10. The van der Waals surface area contributed by atoms with E-state index in [0.29, 0.717) is 11.0 Å². The summed E-state index contributed by atoms with van der Waals surface area (Å²) >= 11 is 1.23. The monoisotopic (exact) mass is 359 g/mol. The van der Waals surface area contributed by atoms with Gasteiger partial charge >= 0.3 is 0 Å². The summed E-state index contributed by atoms with van der Waals surface area (Å²) in [6, 6.07) is 14.3. The van der Waals surface area contributed by atoms with Crippen LogP contribution in [0.15, 0.2) is 68.0 Å². The molecule has 3 aromatic rings. The minimum absolute atomic E-state index is 0.0329. The minimum Gasteiger partial charge on any atom is -0.428 e. The molecule has 4 nitrogen and oxygen atoms in total. The molecule has 0 fully saturated rings. The number of hydrogen-bond acceptors (Lipinski definition) is 5. The fourth-order valence-electron chi connectivity index (χ4n) is 2.24. The zero-order valence-electron chi connectivity index (χ0n) is 13.6. The van der Waals surface area contributed by atoms with Crippen LogP contribution in [0, 0.1) is 13.8 Å². The van der Waals surface area contributed by atoms with Crippen LogP contribution in [0.2, 0.25) is 0 Å². The van der Waals surface area contributed by atoms with Gasteiger partial charge in [-0.25, -0.2) is 8.42 Å². The van der Waals surface area contributed by atoms with Gasteiger partial charge in [-0.05, 0) is 44.4 Å². The first-order chi connectivity index (χ1) is 11.4. The maximum Gasteiger partial charge on any atom is 0.228 e. The highest BCUT2D eigenvalue weighted by Crippen LogP contribution is 2.33. The van der Waals surface area contributed by atoms with Gasteiger partial charge in [-0.1, -0.05) is 47.2 Å². The lowest BCUT2D eigenvalue weighted by Crippen LogP contribution is -2.03. The largest absolute Gasteiger partial charge is 0.428 e. The van der Waals surface area contributed by atoms with E-state index in [-0.39, 0.29) is 9.92 Å². The molecule has 0 aliphatic rings. The Kier molecular flexibility index (Phi) is 4.51. The van der Waals surface area contributed by atoms with Gasteiger partial charge in [-0.15, -0.1) is 0 Å². The third-order valence-corrected chi connectivity index (χ3v) is 6.09. The Morgan fingerprint density at radius 2 is 1.46 bits per heavy atom. The van der Waals surface area contributed by atoms with Crippen molar-refractivity contribution in [3.05, 3.63) is 59.7 Å². The summed E-state index contributed by atoms with van der Waals surface area (Å²) in [5.41, 5.74) is 2.86. The highest BCUT2D eigenvalue weighted by atomic mass is 32.2. The molecule has 0 spiro atoms. The summed E-state index contributed by atoms with van der Waals surface area (Å²) < 4.78 is 31.5. The Bertz CT molecular complexity index is 957. The molecule has 0 N–H and O–H groups in total. The van der Waals surface area contributed by atoms with Gasteiger partial charge in [0.1, 0.15) is 0 Å². The van der Waals surface area contributed by atoms with E-state index in [0.717, 1.165) is 16.7 Å². The Morgan fingerprint density at radius 1 is 0.917 bits per heavy atom. The first-order valence-corrected chi connectivity index (χ1v) is 10.1. The van der Waals surface area contributed by atoms with Crippen molar-refractivity contribution in [1.82, 2.24) is 4.98 Å². The molecule has 0 bridgehead atoms. The number of benzene rings is 2. The van der Waals surface area contributed by atoms with Crippen molar-refractivity contribution in [2.45, 2.75) is 28.9 Å². The summed E-state index contributed by atoms with van der Waals surface area (Å²) in [7, 11) is -3.72. The summed E-state index contributed by atoms with van der Waals surface area (Å²) in [5, 5.41) is 0.264. The number of aromatic nitrogens is 1. The molecular weight excluding hydrogens is 342 g/mol. The van der Waals surface area contributed by atoms with Crippen LogP contribution in [0.25, 0.3) is 11.5 Å². The van der Waals surface area contributed by atoms with E-state index >= 15 is 0 Å². The number of nitrogens with zero attached hydrogens (tertiary/aromatic N) is 1. The van der Waals surface area contributed by atoms with Crippen molar-refractivity contribution >= 4 is 21.6 Å². The second-order valence-electron chi connectivity index (χ2n) is 5.50. The molecule has 0 saturated carbocycles. The lowest BCUT2D eigenvalue weighted by molar-refractivity contribution is 0.471. The lowest BCUT2D eigenvalue weighted by Gasteiger charge is -2.02. The fraction of sp³-hybridized carbons (Fsp3) is 0.167. The molecule has 0 aliphatic carbocycles. The van der Waals surface area contributed by atoms with Gasteiger partial charge in [0.2, 0.25) is 25.8 Å². The first kappa shape index (κ1) is 16.8. The van der Waals surface area contributed by atoms with Gasteiger partial charge in [0, 0.05) is 5.56 Å². The summed E-state index contributed by atoms with van der Waals surface area (Å²) in [6.07, 6.45) is 1.77. The molecule has 0 amide bonds. The predicted molar refractivity (Wildman–Crippen MR) is 95.1 cm³/mol. The van der Waals surface area contributed by atoms with Gasteiger partial charge in [0.15, 0.2) is 0 Å². The van der Waals surface area contributed by atoms with E-state index in [4.69, 9.17) is 4.42 Å². The number of oxazole rings is 1. The summed E-state index contributed by atoms with van der Waals surface area (Å²) in [6.45, 7) is 3.90. The number of sulfone groups is 1. The second kappa shape index (κ2) is 6.45. The van der Waals surface area contributed by atoms with Crippen LogP contribution in [0.3, 0.4) is 0 Å². The van der Waals surface area contributed by atoms with Gasteiger partial charge in [0.05, 0.1) is 4.90 Å². The van der Waals surface area contributed by atoms with Crippen molar-refractivity contribution in [3.63, 3.8) is 0 Å². The lowest BCUT2D eigenvalue weighted by atomic mass is 10.1. The quantitative estimate of drug-likeness (QED) is 0.641. The number of thioether (sulfide) groups is 1. The van der Waals surface area contributed by atoms with Crippen LogP contribution in [0.1, 0.15) is 11.1 Å². The van der Waals surface area contributed by atoms with E-state index in [1.165, 1.54) is 11.8 Å². The maximum absolute atomic E-state index is 12.9. The van der Waals surface area contributed by atoms with Gasteiger partial charge in [-0.2, -0.15) is 4.98 Å². The average molecular weight is 359 g/mol. The SMILES string of the molecule is CSc1oc(-c2ccc(C)cc2)nc1S(=O)(=O)c1ccc(C)cc1. The maximum atomic E-state index is 12.9. The van der Waals surface area contributed by atoms with Crippen LogP contribution in [0.5, 0.6) is 0 Å². The predicted octanol–water partition coefficient (Wildman–Crippen LogP) is 4.51. The Hall–Kier alpha value is -2.05. The van der Waals surface area contributed by atoms with Gasteiger partial charge in [-0.3, -0.25) is 0 Å². The van der Waals surface area contributed by atoms with Crippen molar-refractivity contribution in [3.8, 4) is 11.5 Å². The van der Waals surface area contributed by atoms with E-state index in [1.54, 1.807) is 30.5 Å². The summed E-state index contributed by atoms with van der Waals surface area (Å²) in [5.74, 6) is 0.310. The molecular formula is C18H17NO3S2. The molecule has 3 rings (SSSR count). The Morgan fingerprint density at radius 3 is 2.00 bits per heavy atom. The van der Waals surface area contributed by atoms with Crippen molar-refractivity contribution in [2.75, 3.05) is 6.26 Å². The fourth-order valence-corrected chi connectivity index (χ4v) is 4.38. The van der Waals surface area contributed by atoms with Crippen molar-refractivity contribution in [2.24, 2.45) is 0 Å². The number of rotatable bonds is 4. The Labute approximate surface area is 145 Å². The highest BCUT2D eigenvalue weighted by Gasteiger charge is 2.28. The van der Waals surface area contributed by atoms with E-state index in [9.17, 15) is 8.42 Å². The molecule has 0 unspecified atom stereocenters. The molecule has 124 valence electrons. The van der Waals surface area contributed by atoms with Crippen LogP contribution >= 0.6 is 11.8 Å². The minimum atomic E-state index is -3.72. The molecule has 1 aromatic heterocycles. The molecule has 6 heteroatoms. The van der Waals surface area contributed by atoms with E-state index < -0.39 is 9.84 Å². The van der Waals surface area contributed by atoms with Crippen LogP contribution < -0.4 is 0 Å². The smallest absolute Gasteiger partial charge is 0.228 e. The molecule has 0 aliphatic heterocycles. The van der Waals surface area contributed by atoms with Crippen molar-refractivity contribution in [1.29, 1.82) is 0 Å². The zero-order valence-corrected chi connectivity index (χ0v) is 15.2. The van der Waals surface area contributed by atoms with Crippen LogP contribution in [-0.4, -0.2) is 19.7 Å². The van der Waals surface area contributed by atoms with Crippen molar-refractivity contribution < 1.29 is 12.8 Å². The second-order valence-corrected chi connectivity index (χ2v) is 8.14. The average Bonchev–Trinajstić information content (AvgIpc) is 3.01. The molecule has 1 heterocycles. The molecule has 24 heavy (non-hydrogen) atoms. The normalized spacial score (nSPS) is 11.6. The van der Waals surface area contributed by atoms with E-state index in [1.807, 2.05) is 38.1 Å². The molecule has 0 radical (unpaired) electrons. The molecule has 2 aromatic carbocycles. The van der Waals surface area contributed by atoms with Crippen LogP contribution in [0.4, 0.5) is 0 Å². The summed E-state index contributed by atoms with van der Waals surface area (Å²) in [4.78, 5) is 4.49. The molecule has 0 saturated heterocycles. The standard InChI is InChI=1S/C18H17NO3S2/c1-12-4-8-14(9-5-12)16-19-17(18(22-16)23-3)24(20,21)15-10-6-13(2)7-11-15/h4-11H,1-3H3. The topological polar surface area (TPSA) is 60.2 Å².